The third kappa shape index (κ3) is 4.90. The van der Waals surface area contributed by atoms with Crippen molar-refractivity contribution in [3.8, 4) is 10.6 Å². The molecule has 152 valence electrons. The third-order valence-electron chi connectivity index (χ3n) is 5.19. The Morgan fingerprint density at radius 2 is 2.00 bits per heavy atom. The number of aromatic nitrogens is 2. The van der Waals surface area contributed by atoms with Crippen LogP contribution in [-0.4, -0.2) is 45.5 Å². The van der Waals surface area contributed by atoms with E-state index in [4.69, 9.17) is 0 Å². The first-order chi connectivity index (χ1) is 14.1. The van der Waals surface area contributed by atoms with E-state index in [-0.39, 0.29) is 12.5 Å². The molecule has 8 heteroatoms. The fourth-order valence-corrected chi connectivity index (χ4v) is 5.38. The first-order valence-corrected chi connectivity index (χ1v) is 11.4. The topological polar surface area (TPSA) is 78.4 Å². The molecule has 2 aromatic heterocycles. The van der Waals surface area contributed by atoms with Crippen molar-refractivity contribution in [1.82, 2.24) is 14.9 Å². The Kier molecular flexibility index (Phi) is 6.34. The maximum absolute atomic E-state index is 12.5. The van der Waals surface area contributed by atoms with Gasteiger partial charge in [0.2, 0.25) is 5.91 Å². The summed E-state index contributed by atoms with van der Waals surface area (Å²) in [5.74, 6) is 0.560. The van der Waals surface area contributed by atoms with Crippen LogP contribution in [0, 0.1) is 6.92 Å². The molecule has 1 saturated heterocycles. The molecule has 0 atom stereocenters. The molecule has 1 aliphatic rings. The summed E-state index contributed by atoms with van der Waals surface area (Å²) in [6, 6.07) is 10.6. The largest absolute Gasteiger partial charge is 0.389 e. The van der Waals surface area contributed by atoms with Gasteiger partial charge in [0.1, 0.15) is 5.01 Å². The van der Waals surface area contributed by atoms with Gasteiger partial charge in [-0.1, -0.05) is 30.3 Å². The van der Waals surface area contributed by atoms with E-state index >= 15 is 0 Å². The Hall–Kier alpha value is -2.13. The van der Waals surface area contributed by atoms with E-state index in [1.54, 1.807) is 0 Å². The molecule has 1 fully saturated rings. The van der Waals surface area contributed by atoms with E-state index in [1.165, 1.54) is 28.2 Å². The Morgan fingerprint density at radius 3 is 2.69 bits per heavy atom. The van der Waals surface area contributed by atoms with Crippen LogP contribution in [0.4, 0.5) is 5.13 Å². The lowest BCUT2D eigenvalue weighted by Gasteiger charge is -2.31. The molecule has 1 aromatic carbocycles. The molecule has 2 N–H and O–H groups in total. The van der Waals surface area contributed by atoms with Crippen molar-refractivity contribution < 1.29 is 9.90 Å². The van der Waals surface area contributed by atoms with Gasteiger partial charge in [-0.05, 0) is 44.3 Å². The molecule has 4 rings (SSSR count). The van der Waals surface area contributed by atoms with E-state index in [9.17, 15) is 9.90 Å². The number of aliphatic hydroxyl groups is 1. The number of carbonyl (C=O) groups excluding carboxylic acids is 1. The molecule has 0 aliphatic carbocycles. The lowest BCUT2D eigenvalue weighted by Crippen LogP contribution is -2.38. The average Bonchev–Trinajstić information content (AvgIpc) is 3.35. The maximum atomic E-state index is 12.5. The first kappa shape index (κ1) is 20.2. The molecule has 1 aliphatic heterocycles. The van der Waals surface area contributed by atoms with Crippen molar-refractivity contribution >= 4 is 33.7 Å². The molecule has 0 unspecified atom stereocenters. The van der Waals surface area contributed by atoms with Crippen molar-refractivity contribution in [3.05, 3.63) is 52.0 Å². The van der Waals surface area contributed by atoms with Gasteiger partial charge in [-0.25, -0.2) is 9.97 Å². The minimum atomic E-state index is -0.0692. The second-order valence-corrected chi connectivity index (χ2v) is 9.17. The predicted octanol–water partition coefficient (Wildman–Crippen LogP) is 3.89. The van der Waals surface area contributed by atoms with Gasteiger partial charge in [0.25, 0.3) is 0 Å². The zero-order valence-corrected chi connectivity index (χ0v) is 17.9. The number of aliphatic hydroxyl groups excluding tert-OH is 1. The summed E-state index contributed by atoms with van der Waals surface area (Å²) >= 11 is 2.85. The van der Waals surface area contributed by atoms with Gasteiger partial charge >= 0.3 is 0 Å². The van der Waals surface area contributed by atoms with Gasteiger partial charge in [0.05, 0.1) is 29.4 Å². The van der Waals surface area contributed by atoms with Crippen LogP contribution in [0.15, 0.2) is 35.7 Å². The van der Waals surface area contributed by atoms with Crippen molar-refractivity contribution in [1.29, 1.82) is 0 Å². The molecule has 1 amide bonds. The highest BCUT2D eigenvalue weighted by atomic mass is 32.1. The number of anilines is 1. The Labute approximate surface area is 178 Å². The lowest BCUT2D eigenvalue weighted by atomic mass is 9.89. The predicted molar refractivity (Wildman–Crippen MR) is 117 cm³/mol. The summed E-state index contributed by atoms with van der Waals surface area (Å²) in [7, 11) is 0. The van der Waals surface area contributed by atoms with Gasteiger partial charge < -0.3 is 10.4 Å². The van der Waals surface area contributed by atoms with Crippen molar-refractivity contribution in [3.63, 3.8) is 0 Å². The number of aryl methyl sites for hydroxylation is 1. The van der Waals surface area contributed by atoms with Gasteiger partial charge in [-0.2, -0.15) is 0 Å². The molecule has 0 spiro atoms. The van der Waals surface area contributed by atoms with Crippen LogP contribution in [0.1, 0.15) is 35.0 Å². The number of hydrogen-bond acceptors (Lipinski definition) is 7. The molecule has 29 heavy (non-hydrogen) atoms. The molecule has 0 bridgehead atoms. The molecule has 3 heterocycles. The van der Waals surface area contributed by atoms with E-state index in [2.05, 4.69) is 50.5 Å². The Balaban J connectivity index is 1.29. The summed E-state index contributed by atoms with van der Waals surface area (Å²) in [5, 5.41) is 15.4. The van der Waals surface area contributed by atoms with Crippen LogP contribution in [0.2, 0.25) is 0 Å². The smallest absolute Gasteiger partial charge is 0.240 e. The number of carbonyl (C=O) groups is 1. The molecule has 6 nitrogen and oxygen atoms in total. The summed E-state index contributed by atoms with van der Waals surface area (Å²) in [6.07, 6.45) is 2.16. The Morgan fingerprint density at radius 1 is 1.24 bits per heavy atom. The highest BCUT2D eigenvalue weighted by Gasteiger charge is 2.22. The fraction of sp³-hybridized carbons (Fsp3) is 0.381. The summed E-state index contributed by atoms with van der Waals surface area (Å²) in [5.41, 5.74) is 3.04. The third-order valence-corrected chi connectivity index (χ3v) is 7.11. The standard InChI is InChI=1S/C21H24N4O2S2/c1-14-20(29-19(12-26)22-14)17-13-28-21(23-17)24-18(27)11-25-9-7-16(8-10-25)15-5-3-2-4-6-15/h2-6,13,16,26H,7-12H2,1H3,(H,23,24,27). The van der Waals surface area contributed by atoms with E-state index in [0.717, 1.165) is 42.2 Å². The van der Waals surface area contributed by atoms with Crippen LogP contribution in [-0.2, 0) is 11.4 Å². The zero-order valence-electron chi connectivity index (χ0n) is 16.3. The normalized spacial score (nSPS) is 15.5. The number of nitrogens with zero attached hydrogens (tertiary/aromatic N) is 3. The van der Waals surface area contributed by atoms with Crippen molar-refractivity contribution in [2.24, 2.45) is 0 Å². The minimum Gasteiger partial charge on any atom is -0.389 e. The quantitative estimate of drug-likeness (QED) is 0.623. The van der Waals surface area contributed by atoms with Crippen LogP contribution in [0.3, 0.4) is 0 Å². The summed E-state index contributed by atoms with van der Waals surface area (Å²) in [4.78, 5) is 24.5. The van der Waals surface area contributed by atoms with Gasteiger partial charge in [0, 0.05) is 5.38 Å². The lowest BCUT2D eigenvalue weighted by molar-refractivity contribution is -0.117. The second-order valence-electron chi connectivity index (χ2n) is 7.23. The minimum absolute atomic E-state index is 0.0267. The number of rotatable bonds is 6. The molecule has 0 saturated carbocycles. The number of benzene rings is 1. The van der Waals surface area contributed by atoms with Crippen molar-refractivity contribution in [2.75, 3.05) is 25.0 Å². The van der Waals surface area contributed by atoms with E-state index in [0.29, 0.717) is 22.6 Å². The number of amides is 1. The van der Waals surface area contributed by atoms with Gasteiger partial charge in [-0.3, -0.25) is 9.69 Å². The van der Waals surface area contributed by atoms with Gasteiger partial charge in [-0.15, -0.1) is 22.7 Å². The van der Waals surface area contributed by atoms with Crippen LogP contribution >= 0.6 is 22.7 Å². The van der Waals surface area contributed by atoms with Gasteiger partial charge in [0.15, 0.2) is 5.13 Å². The highest BCUT2D eigenvalue weighted by Crippen LogP contribution is 2.32. The van der Waals surface area contributed by atoms with Crippen LogP contribution in [0.5, 0.6) is 0 Å². The molecule has 0 radical (unpaired) electrons. The summed E-state index contributed by atoms with van der Waals surface area (Å²) in [6.45, 7) is 4.09. The monoisotopic (exact) mass is 428 g/mol. The number of thiazole rings is 2. The zero-order chi connectivity index (χ0) is 20.2. The number of likely N-dealkylation sites (tertiary alicyclic amines) is 1. The maximum Gasteiger partial charge on any atom is 0.240 e. The fourth-order valence-electron chi connectivity index (χ4n) is 3.70. The van der Waals surface area contributed by atoms with E-state index < -0.39 is 0 Å². The molecule has 3 aromatic rings. The SMILES string of the molecule is Cc1nc(CO)sc1-c1csc(NC(=O)CN2CCC(c3ccccc3)CC2)n1. The average molecular weight is 429 g/mol. The van der Waals surface area contributed by atoms with E-state index in [1.807, 2.05) is 12.3 Å². The van der Waals surface area contributed by atoms with Crippen LogP contribution < -0.4 is 5.32 Å². The number of piperidine rings is 1. The Bertz CT molecular complexity index is 962. The first-order valence-electron chi connectivity index (χ1n) is 9.72. The number of hydrogen-bond donors (Lipinski definition) is 2. The molecular formula is C21H24N4O2S2. The summed E-state index contributed by atoms with van der Waals surface area (Å²) < 4.78 is 0. The molecular weight excluding hydrogens is 404 g/mol. The van der Waals surface area contributed by atoms with Crippen molar-refractivity contribution in [2.45, 2.75) is 32.3 Å². The second kappa shape index (κ2) is 9.13. The number of nitrogens with one attached hydrogen (secondary N) is 1. The van der Waals surface area contributed by atoms with Crippen LogP contribution in [0.25, 0.3) is 10.6 Å². The highest BCUT2D eigenvalue weighted by molar-refractivity contribution is 7.17.